The number of nitrogen functional groups attached to an aromatic ring is 1. The zero-order chi connectivity index (χ0) is 31.4. The van der Waals surface area contributed by atoms with Crippen molar-refractivity contribution in [3.63, 3.8) is 0 Å². The van der Waals surface area contributed by atoms with E-state index in [0.717, 1.165) is 58.5 Å². The van der Waals surface area contributed by atoms with Crippen LogP contribution in [0.2, 0.25) is 5.02 Å². The van der Waals surface area contributed by atoms with Gasteiger partial charge in [0.2, 0.25) is 0 Å². The first-order valence-corrected chi connectivity index (χ1v) is 15.4. The monoisotopic (exact) mass is 611 g/mol. The molecule has 228 valence electrons. The van der Waals surface area contributed by atoms with Crippen LogP contribution >= 0.6 is 11.6 Å². The van der Waals surface area contributed by atoms with Crippen molar-refractivity contribution >= 4 is 29.2 Å². The number of nitrogens with zero attached hydrogens (tertiary/aromatic N) is 3. The van der Waals surface area contributed by atoms with Gasteiger partial charge < -0.3 is 15.8 Å². The smallest absolute Gasteiger partial charge is 0.143 e. The van der Waals surface area contributed by atoms with Gasteiger partial charge in [-0.25, -0.2) is 4.39 Å². The summed E-state index contributed by atoms with van der Waals surface area (Å²) < 4.78 is 20.2. The second kappa shape index (κ2) is 13.6. The van der Waals surface area contributed by atoms with Crippen molar-refractivity contribution in [3.05, 3.63) is 112 Å². The maximum atomic E-state index is 14.6. The molecule has 1 fully saturated rings. The maximum absolute atomic E-state index is 14.6. The molecule has 44 heavy (non-hydrogen) atoms. The van der Waals surface area contributed by atoms with Crippen molar-refractivity contribution in [2.24, 2.45) is 4.99 Å². The van der Waals surface area contributed by atoms with E-state index in [1.165, 1.54) is 11.6 Å². The molecule has 6 nitrogen and oxygen atoms in total. The largest absolute Gasteiger partial charge is 0.495 e. The van der Waals surface area contributed by atoms with Gasteiger partial charge in [0.05, 0.1) is 35.2 Å². The standard InChI is InChI=1S/C36H39ClFN5O/c1-6-21(2)30-17-33(43-36(22(30)3)29-12-13-40-20-32(29)37)31(24-8-7-9-27(38)15-24)19-41-23(4)25-14-26(18-42-28-10-11-28)35(39)34(16-25)44-5/h7-9,12-18,20-21,28,31,41H,4,6,10-11,19,39H2,1-3,5H3. The molecule has 0 bridgehead atoms. The number of nitrogens with one attached hydrogen (secondary N) is 1. The number of benzene rings is 2. The van der Waals surface area contributed by atoms with E-state index in [0.29, 0.717) is 34.7 Å². The van der Waals surface area contributed by atoms with Gasteiger partial charge in [0.1, 0.15) is 11.6 Å². The molecule has 0 amide bonds. The summed E-state index contributed by atoms with van der Waals surface area (Å²) in [6.07, 6.45) is 8.33. The van der Waals surface area contributed by atoms with E-state index in [9.17, 15) is 4.39 Å². The SMILES string of the molecule is C=C(NCC(c1cccc(F)c1)c1cc(C(C)CC)c(C)c(-c2ccncc2Cl)n1)c1cc(C=NC2CC2)c(N)c(OC)c1. The summed E-state index contributed by atoms with van der Waals surface area (Å²) in [6, 6.07) is 14.9. The average Bonchev–Trinajstić information content (AvgIpc) is 3.86. The minimum atomic E-state index is -0.305. The average molecular weight is 612 g/mol. The van der Waals surface area contributed by atoms with Crippen molar-refractivity contribution in [2.45, 2.75) is 57.9 Å². The van der Waals surface area contributed by atoms with Crippen molar-refractivity contribution in [2.75, 3.05) is 19.4 Å². The van der Waals surface area contributed by atoms with Gasteiger partial charge in [-0.05, 0) is 85.2 Å². The molecule has 2 unspecified atom stereocenters. The molecule has 2 atom stereocenters. The van der Waals surface area contributed by atoms with Crippen LogP contribution in [0, 0.1) is 12.7 Å². The van der Waals surface area contributed by atoms with Gasteiger partial charge in [-0.3, -0.25) is 15.0 Å². The number of methoxy groups -OCH3 is 1. The van der Waals surface area contributed by atoms with Gasteiger partial charge in [-0.2, -0.15) is 0 Å². The van der Waals surface area contributed by atoms with E-state index in [1.807, 2.05) is 30.5 Å². The third-order valence-electron chi connectivity index (χ3n) is 8.34. The molecule has 8 heteroatoms. The second-order valence-corrected chi connectivity index (χ2v) is 11.8. The fourth-order valence-electron chi connectivity index (χ4n) is 5.34. The molecule has 0 radical (unpaired) electrons. The summed E-state index contributed by atoms with van der Waals surface area (Å²) in [5.74, 6) is 0.240. The number of halogens is 2. The first-order chi connectivity index (χ1) is 21.2. The Morgan fingerprint density at radius 2 is 2.05 bits per heavy atom. The van der Waals surface area contributed by atoms with Gasteiger partial charge in [0, 0.05) is 53.5 Å². The minimum Gasteiger partial charge on any atom is -0.495 e. The van der Waals surface area contributed by atoms with Gasteiger partial charge in [-0.1, -0.05) is 44.2 Å². The van der Waals surface area contributed by atoms with Gasteiger partial charge >= 0.3 is 0 Å². The Morgan fingerprint density at radius 1 is 1.25 bits per heavy atom. The summed E-state index contributed by atoms with van der Waals surface area (Å²) in [6.45, 7) is 11.2. The Hall–Kier alpha value is -4.23. The number of nitrogens with two attached hydrogens (primary N) is 1. The summed E-state index contributed by atoms with van der Waals surface area (Å²) in [7, 11) is 1.60. The van der Waals surface area contributed by atoms with E-state index in [4.69, 9.17) is 27.1 Å². The highest BCUT2D eigenvalue weighted by Gasteiger charge is 2.24. The molecule has 2 heterocycles. The van der Waals surface area contributed by atoms with Crippen LogP contribution in [-0.2, 0) is 0 Å². The van der Waals surface area contributed by atoms with E-state index in [-0.39, 0.29) is 17.7 Å². The number of ether oxygens (including phenoxy) is 1. The van der Waals surface area contributed by atoms with Crippen LogP contribution in [0.3, 0.4) is 0 Å². The summed E-state index contributed by atoms with van der Waals surface area (Å²) in [5, 5.41) is 4.03. The number of anilines is 1. The van der Waals surface area contributed by atoms with Crippen LogP contribution in [0.1, 0.15) is 78.5 Å². The number of aromatic nitrogens is 2. The third-order valence-corrected chi connectivity index (χ3v) is 8.65. The molecule has 5 rings (SSSR count). The number of hydrogen-bond acceptors (Lipinski definition) is 6. The number of aliphatic imine (C=N–C) groups is 1. The highest BCUT2D eigenvalue weighted by atomic mass is 35.5. The van der Waals surface area contributed by atoms with E-state index < -0.39 is 0 Å². The van der Waals surface area contributed by atoms with Crippen molar-refractivity contribution < 1.29 is 9.13 Å². The van der Waals surface area contributed by atoms with Crippen LogP contribution < -0.4 is 15.8 Å². The van der Waals surface area contributed by atoms with Crippen LogP contribution in [0.15, 0.2) is 72.5 Å². The maximum Gasteiger partial charge on any atom is 0.143 e. The zero-order valence-electron chi connectivity index (χ0n) is 25.7. The van der Waals surface area contributed by atoms with Crippen molar-refractivity contribution in [1.29, 1.82) is 0 Å². The van der Waals surface area contributed by atoms with E-state index >= 15 is 0 Å². The molecule has 0 aliphatic heterocycles. The Balaban J connectivity index is 1.55. The molecule has 2 aromatic carbocycles. The Bertz CT molecular complexity index is 1700. The number of pyridine rings is 2. The molecule has 1 saturated carbocycles. The molecule has 3 N–H and O–H groups in total. The second-order valence-electron chi connectivity index (χ2n) is 11.4. The fraction of sp³-hybridized carbons (Fsp3) is 0.306. The van der Waals surface area contributed by atoms with Crippen molar-refractivity contribution in [1.82, 2.24) is 15.3 Å². The Morgan fingerprint density at radius 3 is 2.73 bits per heavy atom. The minimum absolute atomic E-state index is 0.283. The molecule has 4 aromatic rings. The molecular weight excluding hydrogens is 573 g/mol. The number of hydrogen-bond donors (Lipinski definition) is 2. The molecule has 1 aliphatic carbocycles. The molecule has 1 aliphatic rings. The lowest BCUT2D eigenvalue weighted by molar-refractivity contribution is 0.417. The van der Waals surface area contributed by atoms with E-state index in [1.54, 1.807) is 31.6 Å². The van der Waals surface area contributed by atoms with E-state index in [2.05, 4.69) is 48.7 Å². The van der Waals surface area contributed by atoms with Crippen LogP contribution in [-0.4, -0.2) is 35.9 Å². The number of rotatable bonds is 12. The lowest BCUT2D eigenvalue weighted by Gasteiger charge is -2.24. The Kier molecular flexibility index (Phi) is 9.64. The molecule has 0 spiro atoms. The topological polar surface area (TPSA) is 85.4 Å². The lowest BCUT2D eigenvalue weighted by atomic mass is 9.87. The van der Waals surface area contributed by atoms with Crippen molar-refractivity contribution in [3.8, 4) is 17.0 Å². The summed E-state index contributed by atoms with van der Waals surface area (Å²) in [4.78, 5) is 14.0. The van der Waals surface area contributed by atoms with Gasteiger partial charge in [-0.15, -0.1) is 0 Å². The molecule has 2 aromatic heterocycles. The molecule has 0 saturated heterocycles. The van der Waals surface area contributed by atoms with Crippen LogP contribution in [0.5, 0.6) is 5.75 Å². The fourth-order valence-corrected chi connectivity index (χ4v) is 5.55. The van der Waals surface area contributed by atoms with Gasteiger partial charge in [0.15, 0.2) is 0 Å². The quantitative estimate of drug-likeness (QED) is 0.124. The van der Waals surface area contributed by atoms with Crippen LogP contribution in [0.4, 0.5) is 10.1 Å². The Labute approximate surface area is 264 Å². The highest BCUT2D eigenvalue weighted by molar-refractivity contribution is 6.33. The zero-order valence-corrected chi connectivity index (χ0v) is 26.5. The summed E-state index contributed by atoms with van der Waals surface area (Å²) >= 11 is 6.62. The van der Waals surface area contributed by atoms with Gasteiger partial charge in [0.25, 0.3) is 0 Å². The predicted molar refractivity (Wildman–Crippen MR) is 179 cm³/mol. The first kappa shape index (κ1) is 31.2. The third kappa shape index (κ3) is 6.94. The van der Waals surface area contributed by atoms with Crippen LogP contribution in [0.25, 0.3) is 17.0 Å². The predicted octanol–water partition coefficient (Wildman–Crippen LogP) is 8.32. The normalized spacial score (nSPS) is 14.4. The highest BCUT2D eigenvalue weighted by Crippen LogP contribution is 2.37. The lowest BCUT2D eigenvalue weighted by Crippen LogP contribution is -2.23. The summed E-state index contributed by atoms with van der Waals surface area (Å²) in [5.41, 5.74) is 14.7. The first-order valence-electron chi connectivity index (χ1n) is 15.0. The molecular formula is C36H39ClFN5O.